The van der Waals surface area contributed by atoms with Crippen LogP contribution in [-0.4, -0.2) is 0 Å². The summed E-state index contributed by atoms with van der Waals surface area (Å²) in [6, 6.07) is 25.3. The van der Waals surface area contributed by atoms with Crippen molar-refractivity contribution in [3.63, 3.8) is 0 Å². The minimum absolute atomic E-state index is 0.0557. The number of rotatable bonds is 0. The quantitative estimate of drug-likeness (QED) is 0.277. The van der Waals surface area contributed by atoms with Crippen molar-refractivity contribution in [2.45, 2.75) is 38.6 Å². The van der Waals surface area contributed by atoms with Crippen LogP contribution in [-0.2, 0) is 12.0 Å². The van der Waals surface area contributed by atoms with Gasteiger partial charge in [-0.2, -0.15) is 4.57 Å². The summed E-state index contributed by atoms with van der Waals surface area (Å²) in [5.41, 5.74) is 15.9. The third kappa shape index (κ3) is 1.82. The molecule has 0 bridgehead atoms. The van der Waals surface area contributed by atoms with Crippen molar-refractivity contribution in [1.29, 1.82) is 0 Å². The summed E-state index contributed by atoms with van der Waals surface area (Å²) >= 11 is 0. The van der Waals surface area contributed by atoms with Gasteiger partial charge in [-0.3, -0.25) is 0 Å². The molecule has 1 aromatic heterocycles. The predicted molar refractivity (Wildman–Crippen MR) is 121 cm³/mol. The number of aromatic nitrogens is 1. The second-order valence-electron chi connectivity index (χ2n) is 9.64. The summed E-state index contributed by atoms with van der Waals surface area (Å²) in [6.07, 6.45) is 3.34. The molecule has 3 aromatic carbocycles. The molecule has 1 nitrogen and oxygen atoms in total. The third-order valence-electron chi connectivity index (χ3n) is 7.70. The summed E-state index contributed by atoms with van der Waals surface area (Å²) in [4.78, 5) is 0. The average Bonchev–Trinajstić information content (AvgIpc) is 3.26. The van der Waals surface area contributed by atoms with E-state index in [1.807, 2.05) is 0 Å². The SMILES string of the molecule is Cc1cccc2c1C(C)(C)[n+]1cccc3c1C2c1cc2c(cc1-3)-c1ccccc1C2. The minimum atomic E-state index is -0.0557. The molecule has 4 aromatic rings. The van der Waals surface area contributed by atoms with E-state index in [0.717, 1.165) is 6.42 Å². The van der Waals surface area contributed by atoms with Crippen molar-refractivity contribution in [3.8, 4) is 22.3 Å². The van der Waals surface area contributed by atoms with Crippen molar-refractivity contribution in [2.24, 2.45) is 0 Å². The first-order valence-corrected chi connectivity index (χ1v) is 11.0. The lowest BCUT2D eigenvalue weighted by Crippen LogP contribution is -2.59. The monoisotopic (exact) mass is 386 g/mol. The first-order chi connectivity index (χ1) is 14.6. The van der Waals surface area contributed by atoms with Gasteiger partial charge in [-0.15, -0.1) is 0 Å². The van der Waals surface area contributed by atoms with E-state index >= 15 is 0 Å². The lowest BCUT2D eigenvalue weighted by Gasteiger charge is -2.33. The maximum absolute atomic E-state index is 2.54. The number of hydrogen-bond acceptors (Lipinski definition) is 0. The molecule has 144 valence electrons. The molecule has 0 saturated carbocycles. The van der Waals surface area contributed by atoms with Gasteiger partial charge in [0, 0.05) is 25.5 Å². The second-order valence-corrected chi connectivity index (χ2v) is 9.64. The summed E-state index contributed by atoms with van der Waals surface area (Å²) in [7, 11) is 0. The van der Waals surface area contributed by atoms with Crippen LogP contribution in [0, 0.1) is 6.92 Å². The fourth-order valence-electron chi connectivity index (χ4n) is 6.55. The fraction of sp³-hybridized carbons (Fsp3) is 0.207. The summed E-state index contributed by atoms with van der Waals surface area (Å²) in [5.74, 6) is 0.327. The molecule has 0 amide bonds. The molecule has 0 fully saturated rings. The zero-order chi connectivity index (χ0) is 20.2. The smallest absolute Gasteiger partial charge is 0.192 e. The van der Waals surface area contributed by atoms with Crippen LogP contribution in [0.1, 0.15) is 58.8 Å². The number of aryl methyl sites for hydroxylation is 1. The standard InChI is InChI=1S/C29H24N/c1-17-8-6-11-22-26-25-15-19-14-18-9-4-5-10-20(18)23(19)16-24(25)21-12-7-13-30(28(21)26)29(2,3)27(17)22/h4-13,15-16,26H,14H2,1-3H3/q+1. The Balaban J connectivity index is 1.58. The van der Waals surface area contributed by atoms with E-state index in [4.69, 9.17) is 0 Å². The molecule has 0 radical (unpaired) electrons. The van der Waals surface area contributed by atoms with Crippen LogP contribution >= 0.6 is 0 Å². The van der Waals surface area contributed by atoms with Gasteiger partial charge in [0.05, 0.1) is 11.5 Å². The molecular weight excluding hydrogens is 362 g/mol. The first kappa shape index (κ1) is 16.6. The zero-order valence-electron chi connectivity index (χ0n) is 17.7. The van der Waals surface area contributed by atoms with Crippen molar-refractivity contribution in [3.05, 3.63) is 112 Å². The van der Waals surface area contributed by atoms with Gasteiger partial charge in [0.15, 0.2) is 11.7 Å². The van der Waals surface area contributed by atoms with Gasteiger partial charge in [-0.1, -0.05) is 48.5 Å². The summed E-state index contributed by atoms with van der Waals surface area (Å²) in [6.45, 7) is 7.01. The van der Waals surface area contributed by atoms with Gasteiger partial charge in [0.2, 0.25) is 5.69 Å². The zero-order valence-corrected chi connectivity index (χ0v) is 17.7. The number of nitrogens with zero attached hydrogens (tertiary/aromatic N) is 1. The Morgan fingerprint density at radius 2 is 1.60 bits per heavy atom. The van der Waals surface area contributed by atoms with Crippen LogP contribution in [0.4, 0.5) is 0 Å². The largest absolute Gasteiger partial charge is 0.201 e. The molecule has 1 heteroatoms. The van der Waals surface area contributed by atoms with E-state index < -0.39 is 0 Å². The van der Waals surface area contributed by atoms with Crippen molar-refractivity contribution < 1.29 is 4.57 Å². The molecule has 0 saturated heterocycles. The number of fused-ring (bicyclic) bond motifs is 8. The van der Waals surface area contributed by atoms with Crippen LogP contribution in [0.2, 0.25) is 0 Å². The van der Waals surface area contributed by atoms with Crippen molar-refractivity contribution >= 4 is 0 Å². The Labute approximate surface area is 177 Å². The van der Waals surface area contributed by atoms with Gasteiger partial charge < -0.3 is 0 Å². The van der Waals surface area contributed by atoms with E-state index in [1.54, 1.807) is 0 Å². The number of benzene rings is 3. The van der Waals surface area contributed by atoms with Crippen LogP contribution in [0.5, 0.6) is 0 Å². The van der Waals surface area contributed by atoms with E-state index in [9.17, 15) is 0 Å². The van der Waals surface area contributed by atoms with Gasteiger partial charge in [-0.05, 0) is 70.0 Å². The van der Waals surface area contributed by atoms with Gasteiger partial charge in [-0.25, -0.2) is 0 Å². The van der Waals surface area contributed by atoms with Crippen LogP contribution in [0.15, 0.2) is 72.9 Å². The highest BCUT2D eigenvalue weighted by atomic mass is 15.1. The highest BCUT2D eigenvalue weighted by Crippen LogP contribution is 2.54. The topological polar surface area (TPSA) is 3.88 Å². The molecule has 2 heterocycles. The Bertz CT molecular complexity index is 1410. The highest BCUT2D eigenvalue weighted by Gasteiger charge is 2.50. The molecule has 7 rings (SSSR count). The maximum Gasteiger partial charge on any atom is 0.201 e. The number of hydrogen-bond donors (Lipinski definition) is 0. The summed E-state index contributed by atoms with van der Waals surface area (Å²) < 4.78 is 2.54. The highest BCUT2D eigenvalue weighted by molar-refractivity contribution is 5.87. The van der Waals surface area contributed by atoms with Crippen LogP contribution in [0.3, 0.4) is 0 Å². The van der Waals surface area contributed by atoms with Crippen molar-refractivity contribution in [1.82, 2.24) is 0 Å². The van der Waals surface area contributed by atoms with Gasteiger partial charge >= 0.3 is 0 Å². The van der Waals surface area contributed by atoms with Gasteiger partial charge in [0.1, 0.15) is 0 Å². The third-order valence-corrected chi connectivity index (χ3v) is 7.70. The second kappa shape index (κ2) is 5.29. The molecule has 1 aliphatic heterocycles. The molecule has 0 spiro atoms. The molecule has 30 heavy (non-hydrogen) atoms. The Hall–Kier alpha value is -3.19. The minimum Gasteiger partial charge on any atom is -0.192 e. The predicted octanol–water partition coefficient (Wildman–Crippen LogP) is 6.11. The maximum atomic E-state index is 2.54. The molecule has 1 atom stereocenters. The van der Waals surface area contributed by atoms with E-state index in [0.29, 0.717) is 5.92 Å². The van der Waals surface area contributed by atoms with Crippen LogP contribution in [0.25, 0.3) is 22.3 Å². The van der Waals surface area contributed by atoms with E-state index in [2.05, 4.69) is 98.3 Å². The Kier molecular flexibility index (Phi) is 2.92. The Morgan fingerprint density at radius 3 is 2.50 bits per heavy atom. The Morgan fingerprint density at radius 1 is 0.767 bits per heavy atom. The fourth-order valence-corrected chi connectivity index (χ4v) is 6.55. The number of pyridine rings is 1. The van der Waals surface area contributed by atoms with Crippen molar-refractivity contribution in [2.75, 3.05) is 0 Å². The average molecular weight is 387 g/mol. The van der Waals surface area contributed by atoms with E-state index in [-0.39, 0.29) is 5.54 Å². The molecule has 0 N–H and O–H groups in total. The lowest BCUT2D eigenvalue weighted by atomic mass is 9.75. The molecular formula is C29H24N+. The molecule has 1 unspecified atom stereocenters. The van der Waals surface area contributed by atoms with E-state index in [1.165, 1.54) is 61.3 Å². The van der Waals surface area contributed by atoms with Crippen LogP contribution < -0.4 is 4.57 Å². The summed E-state index contributed by atoms with van der Waals surface area (Å²) in [5, 5.41) is 0. The molecule has 3 aliphatic rings. The first-order valence-electron chi connectivity index (χ1n) is 11.0. The van der Waals surface area contributed by atoms with Gasteiger partial charge in [0.25, 0.3) is 0 Å². The lowest BCUT2D eigenvalue weighted by molar-refractivity contribution is -0.755. The molecule has 2 aliphatic carbocycles. The normalized spacial score (nSPS) is 18.3.